The summed E-state index contributed by atoms with van der Waals surface area (Å²) in [5, 5.41) is 3.10. The Kier molecular flexibility index (Phi) is 4.98. The second kappa shape index (κ2) is 6.27. The SMILES string of the molecule is CCCCC(CN)Nc1nccn(C)c1=O. The maximum atomic E-state index is 11.7. The highest BCUT2D eigenvalue weighted by Crippen LogP contribution is 2.04. The molecule has 5 nitrogen and oxygen atoms in total. The minimum absolute atomic E-state index is 0.113. The number of aryl methyl sites for hydroxylation is 1. The largest absolute Gasteiger partial charge is 0.361 e. The van der Waals surface area contributed by atoms with Crippen LogP contribution in [0.25, 0.3) is 0 Å². The third-order valence-electron chi connectivity index (χ3n) is 2.55. The van der Waals surface area contributed by atoms with Crippen LogP contribution in [0.1, 0.15) is 26.2 Å². The van der Waals surface area contributed by atoms with E-state index in [0.717, 1.165) is 19.3 Å². The Morgan fingerprint density at radius 3 is 3.00 bits per heavy atom. The van der Waals surface area contributed by atoms with Gasteiger partial charge in [-0.1, -0.05) is 19.8 Å². The molecule has 1 aromatic rings. The van der Waals surface area contributed by atoms with Crippen molar-refractivity contribution in [1.29, 1.82) is 0 Å². The predicted molar refractivity (Wildman–Crippen MR) is 65.5 cm³/mol. The summed E-state index contributed by atoms with van der Waals surface area (Å²) in [6.45, 7) is 2.65. The van der Waals surface area contributed by atoms with E-state index in [0.29, 0.717) is 12.4 Å². The van der Waals surface area contributed by atoms with E-state index in [1.807, 2.05) is 0 Å². The number of anilines is 1. The summed E-state index contributed by atoms with van der Waals surface area (Å²) in [6, 6.07) is 0.127. The van der Waals surface area contributed by atoms with Crippen molar-refractivity contribution >= 4 is 5.82 Å². The minimum atomic E-state index is -0.113. The molecular weight excluding hydrogens is 204 g/mol. The smallest absolute Gasteiger partial charge is 0.293 e. The average Bonchev–Trinajstić information content (AvgIpc) is 2.30. The van der Waals surface area contributed by atoms with Crippen LogP contribution in [0.15, 0.2) is 17.2 Å². The van der Waals surface area contributed by atoms with Gasteiger partial charge in [0.15, 0.2) is 5.82 Å². The van der Waals surface area contributed by atoms with Crippen molar-refractivity contribution in [3.05, 3.63) is 22.7 Å². The van der Waals surface area contributed by atoms with Gasteiger partial charge >= 0.3 is 0 Å². The molecule has 1 rings (SSSR count). The van der Waals surface area contributed by atoms with E-state index in [4.69, 9.17) is 5.73 Å². The number of hydrogen-bond acceptors (Lipinski definition) is 4. The Morgan fingerprint density at radius 2 is 2.38 bits per heavy atom. The quantitative estimate of drug-likeness (QED) is 0.746. The van der Waals surface area contributed by atoms with E-state index in [1.165, 1.54) is 4.57 Å². The molecule has 0 aliphatic carbocycles. The van der Waals surface area contributed by atoms with Crippen LogP contribution in [-0.4, -0.2) is 22.1 Å². The zero-order valence-electron chi connectivity index (χ0n) is 9.94. The van der Waals surface area contributed by atoms with Crippen molar-refractivity contribution in [1.82, 2.24) is 9.55 Å². The molecule has 0 saturated heterocycles. The second-order valence-corrected chi connectivity index (χ2v) is 3.91. The van der Waals surface area contributed by atoms with Crippen LogP contribution < -0.4 is 16.6 Å². The van der Waals surface area contributed by atoms with Gasteiger partial charge in [0.1, 0.15) is 0 Å². The summed E-state index contributed by atoms with van der Waals surface area (Å²) in [6.07, 6.45) is 6.43. The Bertz CT molecular complexity index is 374. The number of nitrogens with two attached hydrogens (primary N) is 1. The molecule has 0 aliphatic rings. The molecule has 16 heavy (non-hydrogen) atoms. The standard InChI is InChI=1S/C11H20N4O/c1-3-4-5-9(8-12)14-10-11(16)15(2)7-6-13-10/h6-7,9H,3-5,8,12H2,1-2H3,(H,13,14). The van der Waals surface area contributed by atoms with E-state index in [9.17, 15) is 4.79 Å². The van der Waals surface area contributed by atoms with Crippen LogP contribution in [0.5, 0.6) is 0 Å². The van der Waals surface area contributed by atoms with Gasteiger partial charge in [0, 0.05) is 32.0 Å². The van der Waals surface area contributed by atoms with Crippen LogP contribution >= 0.6 is 0 Å². The van der Waals surface area contributed by atoms with Crippen molar-refractivity contribution in [2.24, 2.45) is 12.8 Å². The van der Waals surface area contributed by atoms with E-state index < -0.39 is 0 Å². The monoisotopic (exact) mass is 224 g/mol. The number of nitrogens with one attached hydrogen (secondary N) is 1. The molecule has 5 heteroatoms. The summed E-state index contributed by atoms with van der Waals surface area (Å²) >= 11 is 0. The number of unbranched alkanes of at least 4 members (excludes halogenated alkanes) is 1. The van der Waals surface area contributed by atoms with Gasteiger partial charge in [-0.25, -0.2) is 4.98 Å². The highest BCUT2D eigenvalue weighted by atomic mass is 16.1. The molecule has 90 valence electrons. The Balaban J connectivity index is 2.70. The first-order valence-corrected chi connectivity index (χ1v) is 5.67. The lowest BCUT2D eigenvalue weighted by molar-refractivity contribution is 0.610. The van der Waals surface area contributed by atoms with Crippen molar-refractivity contribution in [3.63, 3.8) is 0 Å². The van der Waals surface area contributed by atoms with Gasteiger partial charge in [-0.3, -0.25) is 4.79 Å². The maximum Gasteiger partial charge on any atom is 0.293 e. The third kappa shape index (κ3) is 3.34. The summed E-state index contributed by atoms with van der Waals surface area (Å²) in [7, 11) is 1.71. The summed E-state index contributed by atoms with van der Waals surface area (Å²) < 4.78 is 1.50. The molecular formula is C11H20N4O. The van der Waals surface area contributed by atoms with Gasteiger partial charge in [-0.15, -0.1) is 0 Å². The fraction of sp³-hybridized carbons (Fsp3) is 0.636. The molecule has 1 atom stereocenters. The van der Waals surface area contributed by atoms with E-state index in [2.05, 4.69) is 17.2 Å². The van der Waals surface area contributed by atoms with Gasteiger partial charge in [-0.05, 0) is 6.42 Å². The van der Waals surface area contributed by atoms with E-state index in [1.54, 1.807) is 19.4 Å². The summed E-state index contributed by atoms with van der Waals surface area (Å²) in [5.74, 6) is 0.386. The predicted octanol–water partition coefficient (Wildman–Crippen LogP) is 0.710. The minimum Gasteiger partial charge on any atom is -0.361 e. The normalized spacial score (nSPS) is 12.4. The molecule has 1 aromatic heterocycles. The Labute approximate surface area is 95.7 Å². The molecule has 0 spiro atoms. The summed E-state index contributed by atoms with van der Waals surface area (Å²) in [5.41, 5.74) is 5.54. The van der Waals surface area contributed by atoms with Crippen LogP contribution in [-0.2, 0) is 7.05 Å². The van der Waals surface area contributed by atoms with Gasteiger partial charge < -0.3 is 15.6 Å². The molecule has 3 N–H and O–H groups in total. The molecule has 0 bridgehead atoms. The van der Waals surface area contributed by atoms with Gasteiger partial charge in [0.05, 0.1) is 0 Å². The van der Waals surface area contributed by atoms with Crippen LogP contribution in [0.3, 0.4) is 0 Å². The lowest BCUT2D eigenvalue weighted by atomic mass is 10.1. The van der Waals surface area contributed by atoms with Crippen molar-refractivity contribution in [3.8, 4) is 0 Å². The fourth-order valence-electron chi connectivity index (χ4n) is 1.49. The molecule has 0 saturated carbocycles. The van der Waals surface area contributed by atoms with Crippen LogP contribution in [0.4, 0.5) is 5.82 Å². The van der Waals surface area contributed by atoms with Gasteiger partial charge in [0.25, 0.3) is 5.56 Å². The maximum absolute atomic E-state index is 11.7. The topological polar surface area (TPSA) is 72.9 Å². The first kappa shape index (κ1) is 12.7. The van der Waals surface area contributed by atoms with Crippen molar-refractivity contribution in [2.45, 2.75) is 32.2 Å². The molecule has 1 heterocycles. The van der Waals surface area contributed by atoms with Crippen LogP contribution in [0, 0.1) is 0 Å². The zero-order chi connectivity index (χ0) is 12.0. The van der Waals surface area contributed by atoms with Gasteiger partial charge in [0.2, 0.25) is 0 Å². The molecule has 0 fully saturated rings. The first-order chi connectivity index (χ1) is 7.69. The Morgan fingerprint density at radius 1 is 1.62 bits per heavy atom. The van der Waals surface area contributed by atoms with Gasteiger partial charge in [-0.2, -0.15) is 0 Å². The van der Waals surface area contributed by atoms with Crippen molar-refractivity contribution in [2.75, 3.05) is 11.9 Å². The molecule has 0 aliphatic heterocycles. The van der Waals surface area contributed by atoms with Crippen molar-refractivity contribution < 1.29 is 0 Å². The number of aromatic nitrogens is 2. The second-order valence-electron chi connectivity index (χ2n) is 3.91. The average molecular weight is 224 g/mol. The molecule has 0 amide bonds. The highest BCUT2D eigenvalue weighted by Gasteiger charge is 2.09. The van der Waals surface area contributed by atoms with E-state index in [-0.39, 0.29) is 11.6 Å². The summed E-state index contributed by atoms with van der Waals surface area (Å²) in [4.78, 5) is 15.7. The van der Waals surface area contributed by atoms with E-state index >= 15 is 0 Å². The first-order valence-electron chi connectivity index (χ1n) is 5.67. The molecule has 0 aromatic carbocycles. The Hall–Kier alpha value is -1.36. The number of rotatable bonds is 6. The third-order valence-corrected chi connectivity index (χ3v) is 2.55. The zero-order valence-corrected chi connectivity index (χ0v) is 9.94. The fourth-order valence-corrected chi connectivity index (χ4v) is 1.49. The van der Waals surface area contributed by atoms with Crippen LogP contribution in [0.2, 0.25) is 0 Å². The highest BCUT2D eigenvalue weighted by molar-refractivity contribution is 5.32. The number of hydrogen-bond donors (Lipinski definition) is 2. The molecule has 0 radical (unpaired) electrons. The number of nitrogens with zero attached hydrogens (tertiary/aromatic N) is 2. The lowest BCUT2D eigenvalue weighted by Gasteiger charge is -2.16. The molecule has 1 unspecified atom stereocenters. The lowest BCUT2D eigenvalue weighted by Crippen LogP contribution is -2.33.